The molecule has 0 aliphatic rings. The molecule has 0 spiro atoms. The standard InChI is InChI=1S/C17H28ClN/c1-14(2)9-11-19(12-10-15(3)4)17-8-6-5-7-16(17)13-18/h5-8,14-15H,9-13H2,1-4H3. The first-order chi connectivity index (χ1) is 9.04. The Balaban J connectivity index is 2.81. The molecular formula is C17H28ClN. The van der Waals surface area contributed by atoms with Gasteiger partial charge in [-0.2, -0.15) is 0 Å². The molecule has 0 fully saturated rings. The van der Waals surface area contributed by atoms with E-state index in [4.69, 9.17) is 11.6 Å². The minimum atomic E-state index is 0.593. The third-order valence-corrected chi connectivity index (χ3v) is 3.72. The number of anilines is 1. The number of para-hydroxylation sites is 1. The molecule has 0 aliphatic carbocycles. The average molecular weight is 282 g/mol. The third kappa shape index (κ3) is 5.86. The molecule has 0 saturated heterocycles. The van der Waals surface area contributed by atoms with Crippen molar-refractivity contribution in [2.45, 2.75) is 46.4 Å². The van der Waals surface area contributed by atoms with Gasteiger partial charge < -0.3 is 4.90 Å². The normalized spacial score (nSPS) is 11.3. The zero-order chi connectivity index (χ0) is 14.3. The Morgan fingerprint density at radius 2 is 1.47 bits per heavy atom. The van der Waals surface area contributed by atoms with Crippen molar-refractivity contribution in [3.05, 3.63) is 29.8 Å². The summed E-state index contributed by atoms with van der Waals surface area (Å²) >= 11 is 6.07. The van der Waals surface area contributed by atoms with Gasteiger partial charge in [0.1, 0.15) is 0 Å². The Morgan fingerprint density at radius 1 is 0.947 bits per heavy atom. The molecule has 1 aromatic carbocycles. The van der Waals surface area contributed by atoms with Gasteiger partial charge in [0.25, 0.3) is 0 Å². The molecule has 2 heteroatoms. The maximum absolute atomic E-state index is 6.07. The molecule has 0 unspecified atom stereocenters. The summed E-state index contributed by atoms with van der Waals surface area (Å²) in [5, 5.41) is 0. The first kappa shape index (κ1) is 16.4. The highest BCUT2D eigenvalue weighted by Gasteiger charge is 2.11. The zero-order valence-electron chi connectivity index (χ0n) is 12.8. The van der Waals surface area contributed by atoms with Gasteiger partial charge in [-0.05, 0) is 36.3 Å². The van der Waals surface area contributed by atoms with Gasteiger partial charge in [-0.1, -0.05) is 45.9 Å². The summed E-state index contributed by atoms with van der Waals surface area (Å²) in [6.07, 6.45) is 2.46. The van der Waals surface area contributed by atoms with Crippen LogP contribution in [0.4, 0.5) is 5.69 Å². The summed E-state index contributed by atoms with van der Waals surface area (Å²) in [6.45, 7) is 11.4. The van der Waals surface area contributed by atoms with Gasteiger partial charge >= 0.3 is 0 Å². The van der Waals surface area contributed by atoms with Crippen molar-refractivity contribution >= 4 is 17.3 Å². The molecule has 0 amide bonds. The fraction of sp³-hybridized carbons (Fsp3) is 0.647. The monoisotopic (exact) mass is 281 g/mol. The van der Waals surface area contributed by atoms with Crippen LogP contribution in [-0.2, 0) is 5.88 Å². The minimum absolute atomic E-state index is 0.593. The van der Waals surface area contributed by atoms with E-state index in [2.05, 4.69) is 56.9 Å². The Kier molecular flexibility index (Phi) is 7.30. The SMILES string of the molecule is CC(C)CCN(CCC(C)C)c1ccccc1CCl. The van der Waals surface area contributed by atoms with Crippen LogP contribution >= 0.6 is 11.6 Å². The topological polar surface area (TPSA) is 3.24 Å². The third-order valence-electron chi connectivity index (χ3n) is 3.43. The van der Waals surface area contributed by atoms with Gasteiger partial charge in [0.2, 0.25) is 0 Å². The van der Waals surface area contributed by atoms with Gasteiger partial charge in [-0.15, -0.1) is 11.6 Å². The number of nitrogens with zero attached hydrogens (tertiary/aromatic N) is 1. The second kappa shape index (κ2) is 8.47. The predicted molar refractivity (Wildman–Crippen MR) is 87.1 cm³/mol. The molecule has 0 N–H and O–H groups in total. The van der Waals surface area contributed by atoms with E-state index in [1.165, 1.54) is 24.1 Å². The van der Waals surface area contributed by atoms with Crippen LogP contribution in [0.1, 0.15) is 46.1 Å². The highest BCUT2D eigenvalue weighted by Crippen LogP contribution is 2.23. The number of benzene rings is 1. The quantitative estimate of drug-likeness (QED) is 0.583. The smallest absolute Gasteiger partial charge is 0.0494 e. The van der Waals surface area contributed by atoms with Crippen molar-refractivity contribution in [3.63, 3.8) is 0 Å². The Bertz CT molecular complexity index is 348. The summed E-state index contributed by atoms with van der Waals surface area (Å²) < 4.78 is 0. The Morgan fingerprint density at radius 3 is 1.95 bits per heavy atom. The summed E-state index contributed by atoms with van der Waals surface area (Å²) in [4.78, 5) is 2.51. The molecule has 0 radical (unpaired) electrons. The number of alkyl halides is 1. The van der Waals surface area contributed by atoms with Crippen molar-refractivity contribution in [1.29, 1.82) is 0 Å². The van der Waals surface area contributed by atoms with E-state index < -0.39 is 0 Å². The second-order valence-electron chi connectivity index (χ2n) is 6.11. The fourth-order valence-electron chi connectivity index (χ4n) is 2.11. The van der Waals surface area contributed by atoms with Crippen molar-refractivity contribution in [1.82, 2.24) is 0 Å². The molecule has 1 rings (SSSR count). The van der Waals surface area contributed by atoms with Gasteiger partial charge in [0.15, 0.2) is 0 Å². The van der Waals surface area contributed by atoms with Crippen molar-refractivity contribution in [3.8, 4) is 0 Å². The highest BCUT2D eigenvalue weighted by molar-refractivity contribution is 6.17. The first-order valence-corrected chi connectivity index (χ1v) is 7.96. The van der Waals surface area contributed by atoms with Gasteiger partial charge in [0.05, 0.1) is 0 Å². The fourth-order valence-corrected chi connectivity index (χ4v) is 2.34. The van der Waals surface area contributed by atoms with Crippen LogP contribution in [0, 0.1) is 11.8 Å². The molecule has 0 bridgehead atoms. The van der Waals surface area contributed by atoms with Gasteiger partial charge in [-0.3, -0.25) is 0 Å². The lowest BCUT2D eigenvalue weighted by Crippen LogP contribution is -2.28. The van der Waals surface area contributed by atoms with Gasteiger partial charge in [0, 0.05) is 24.7 Å². The lowest BCUT2D eigenvalue weighted by atomic mass is 10.1. The van der Waals surface area contributed by atoms with E-state index in [1.807, 2.05) is 0 Å². The largest absolute Gasteiger partial charge is 0.371 e. The second-order valence-corrected chi connectivity index (χ2v) is 6.38. The number of hydrogen-bond acceptors (Lipinski definition) is 1. The van der Waals surface area contributed by atoms with Crippen LogP contribution in [0.25, 0.3) is 0 Å². The van der Waals surface area contributed by atoms with Gasteiger partial charge in [-0.25, -0.2) is 0 Å². The van der Waals surface area contributed by atoms with Crippen molar-refractivity contribution in [2.24, 2.45) is 11.8 Å². The molecule has 0 heterocycles. The summed E-state index contributed by atoms with van der Waals surface area (Å²) in [5.41, 5.74) is 2.57. The Labute approximate surface area is 124 Å². The molecule has 19 heavy (non-hydrogen) atoms. The van der Waals surface area contributed by atoms with Crippen LogP contribution in [0.15, 0.2) is 24.3 Å². The molecule has 0 aliphatic heterocycles. The number of rotatable bonds is 8. The van der Waals surface area contributed by atoms with Crippen LogP contribution < -0.4 is 4.90 Å². The van der Waals surface area contributed by atoms with E-state index in [9.17, 15) is 0 Å². The highest BCUT2D eigenvalue weighted by atomic mass is 35.5. The van der Waals surface area contributed by atoms with Crippen LogP contribution in [0.3, 0.4) is 0 Å². The Hall–Kier alpha value is -0.690. The van der Waals surface area contributed by atoms with Crippen molar-refractivity contribution in [2.75, 3.05) is 18.0 Å². The first-order valence-electron chi connectivity index (χ1n) is 7.43. The molecular weight excluding hydrogens is 254 g/mol. The maximum atomic E-state index is 6.07. The van der Waals surface area contributed by atoms with Crippen LogP contribution in [-0.4, -0.2) is 13.1 Å². The number of halogens is 1. The van der Waals surface area contributed by atoms with E-state index in [-0.39, 0.29) is 0 Å². The van der Waals surface area contributed by atoms with Crippen LogP contribution in [0.2, 0.25) is 0 Å². The molecule has 0 atom stereocenters. The predicted octanol–water partition coefficient (Wildman–Crippen LogP) is 5.32. The molecule has 1 nitrogen and oxygen atoms in total. The lowest BCUT2D eigenvalue weighted by molar-refractivity contribution is 0.535. The molecule has 1 aromatic rings. The van der Waals surface area contributed by atoms with Crippen LogP contribution in [0.5, 0.6) is 0 Å². The van der Waals surface area contributed by atoms with E-state index >= 15 is 0 Å². The molecule has 108 valence electrons. The lowest BCUT2D eigenvalue weighted by Gasteiger charge is -2.28. The summed E-state index contributed by atoms with van der Waals surface area (Å²) in [5.74, 6) is 2.07. The minimum Gasteiger partial charge on any atom is -0.371 e. The molecule has 0 saturated carbocycles. The number of hydrogen-bond donors (Lipinski definition) is 0. The molecule has 0 aromatic heterocycles. The average Bonchev–Trinajstić information content (AvgIpc) is 2.38. The van der Waals surface area contributed by atoms with E-state index in [0.717, 1.165) is 24.9 Å². The zero-order valence-corrected chi connectivity index (χ0v) is 13.6. The van der Waals surface area contributed by atoms with E-state index in [0.29, 0.717) is 5.88 Å². The van der Waals surface area contributed by atoms with Crippen molar-refractivity contribution < 1.29 is 0 Å². The summed E-state index contributed by atoms with van der Waals surface area (Å²) in [7, 11) is 0. The maximum Gasteiger partial charge on any atom is 0.0494 e. The van der Waals surface area contributed by atoms with E-state index in [1.54, 1.807) is 0 Å². The summed E-state index contributed by atoms with van der Waals surface area (Å²) in [6, 6.07) is 8.53.